The summed E-state index contributed by atoms with van der Waals surface area (Å²) in [6.07, 6.45) is -0.740. The molecule has 15 heavy (non-hydrogen) atoms. The summed E-state index contributed by atoms with van der Waals surface area (Å²) in [5, 5.41) is 10.9. The van der Waals surface area contributed by atoms with Crippen LogP contribution in [-0.2, 0) is 0 Å². The van der Waals surface area contributed by atoms with Crippen LogP contribution in [0.4, 0.5) is 4.39 Å². The standard InChI is InChI=1S/C12H12FNO/c13-11-6-5-10(12(15)7-14)8-3-1-2-4-9(8)11/h1-6,12,15H,7,14H2. The van der Waals surface area contributed by atoms with E-state index in [0.29, 0.717) is 10.9 Å². The smallest absolute Gasteiger partial charge is 0.131 e. The summed E-state index contributed by atoms with van der Waals surface area (Å²) in [5.74, 6) is -0.279. The minimum absolute atomic E-state index is 0.135. The van der Waals surface area contributed by atoms with Gasteiger partial charge in [-0.3, -0.25) is 0 Å². The maximum Gasteiger partial charge on any atom is 0.131 e. The lowest BCUT2D eigenvalue weighted by Gasteiger charge is -2.11. The second-order valence-electron chi connectivity index (χ2n) is 3.43. The molecule has 0 heterocycles. The maximum atomic E-state index is 13.4. The van der Waals surface area contributed by atoms with Crippen molar-refractivity contribution in [2.45, 2.75) is 6.10 Å². The lowest BCUT2D eigenvalue weighted by atomic mass is 10.00. The summed E-state index contributed by atoms with van der Waals surface area (Å²) < 4.78 is 13.4. The first-order valence-corrected chi connectivity index (χ1v) is 4.79. The summed E-state index contributed by atoms with van der Waals surface area (Å²) >= 11 is 0. The number of hydrogen-bond donors (Lipinski definition) is 2. The second-order valence-corrected chi connectivity index (χ2v) is 3.43. The Morgan fingerprint density at radius 1 is 1.13 bits per heavy atom. The Kier molecular flexibility index (Phi) is 2.66. The van der Waals surface area contributed by atoms with Crippen molar-refractivity contribution in [3.05, 3.63) is 47.8 Å². The SMILES string of the molecule is NCC(O)c1ccc(F)c2ccccc12. The first-order valence-electron chi connectivity index (χ1n) is 4.79. The third kappa shape index (κ3) is 1.71. The number of rotatable bonds is 2. The van der Waals surface area contributed by atoms with Crippen molar-refractivity contribution >= 4 is 10.8 Å². The average Bonchev–Trinajstić information content (AvgIpc) is 2.29. The molecule has 0 amide bonds. The van der Waals surface area contributed by atoms with E-state index < -0.39 is 6.10 Å². The van der Waals surface area contributed by atoms with E-state index in [1.54, 1.807) is 24.3 Å². The van der Waals surface area contributed by atoms with Crippen molar-refractivity contribution in [3.63, 3.8) is 0 Å². The topological polar surface area (TPSA) is 46.2 Å². The van der Waals surface area contributed by atoms with Crippen molar-refractivity contribution in [2.75, 3.05) is 6.54 Å². The molecule has 0 spiro atoms. The molecule has 0 fully saturated rings. The minimum Gasteiger partial charge on any atom is -0.387 e. The zero-order valence-corrected chi connectivity index (χ0v) is 8.15. The Labute approximate surface area is 87.1 Å². The van der Waals surface area contributed by atoms with E-state index in [0.717, 1.165) is 5.39 Å². The van der Waals surface area contributed by atoms with E-state index in [-0.39, 0.29) is 12.4 Å². The monoisotopic (exact) mass is 205 g/mol. The van der Waals surface area contributed by atoms with Crippen LogP contribution < -0.4 is 5.73 Å². The number of nitrogens with two attached hydrogens (primary N) is 1. The van der Waals surface area contributed by atoms with Crippen LogP contribution in [0.2, 0.25) is 0 Å². The fourth-order valence-electron chi connectivity index (χ4n) is 1.70. The molecule has 0 aliphatic carbocycles. The lowest BCUT2D eigenvalue weighted by Crippen LogP contribution is -2.11. The minimum atomic E-state index is -0.740. The quantitative estimate of drug-likeness (QED) is 0.787. The van der Waals surface area contributed by atoms with Crippen molar-refractivity contribution in [3.8, 4) is 0 Å². The number of aliphatic hydroxyl groups excluding tert-OH is 1. The third-order valence-electron chi connectivity index (χ3n) is 2.49. The Morgan fingerprint density at radius 3 is 2.47 bits per heavy atom. The summed E-state index contributed by atoms with van der Waals surface area (Å²) in [5.41, 5.74) is 6.06. The van der Waals surface area contributed by atoms with Crippen molar-refractivity contribution in [1.29, 1.82) is 0 Å². The molecule has 0 saturated heterocycles. The molecule has 3 heteroatoms. The van der Waals surface area contributed by atoms with Crippen LogP contribution in [0.25, 0.3) is 10.8 Å². The molecule has 2 nitrogen and oxygen atoms in total. The average molecular weight is 205 g/mol. The van der Waals surface area contributed by atoms with Crippen LogP contribution in [0.1, 0.15) is 11.7 Å². The third-order valence-corrected chi connectivity index (χ3v) is 2.49. The van der Waals surface area contributed by atoms with Gasteiger partial charge in [0, 0.05) is 11.9 Å². The Bertz CT molecular complexity index is 484. The van der Waals surface area contributed by atoms with Crippen LogP contribution in [0, 0.1) is 5.82 Å². The lowest BCUT2D eigenvalue weighted by molar-refractivity contribution is 0.188. The molecule has 2 aromatic carbocycles. The molecule has 1 atom stereocenters. The molecule has 0 aliphatic heterocycles. The zero-order valence-electron chi connectivity index (χ0n) is 8.15. The zero-order chi connectivity index (χ0) is 10.8. The predicted octanol–water partition coefficient (Wildman–Crippen LogP) is 1.97. The van der Waals surface area contributed by atoms with Crippen molar-refractivity contribution in [1.82, 2.24) is 0 Å². The highest BCUT2D eigenvalue weighted by atomic mass is 19.1. The van der Waals surface area contributed by atoms with Gasteiger partial charge in [-0.1, -0.05) is 30.3 Å². The van der Waals surface area contributed by atoms with Gasteiger partial charge in [-0.25, -0.2) is 4.39 Å². The first kappa shape index (κ1) is 10.1. The highest BCUT2D eigenvalue weighted by Gasteiger charge is 2.11. The van der Waals surface area contributed by atoms with Crippen LogP contribution >= 0.6 is 0 Å². The molecule has 0 aliphatic rings. The fourth-order valence-corrected chi connectivity index (χ4v) is 1.70. The molecule has 3 N–H and O–H groups in total. The van der Waals surface area contributed by atoms with E-state index in [1.807, 2.05) is 6.07 Å². The van der Waals surface area contributed by atoms with E-state index in [2.05, 4.69) is 0 Å². The molecule has 78 valence electrons. The number of halogens is 1. The van der Waals surface area contributed by atoms with E-state index in [9.17, 15) is 9.50 Å². The van der Waals surface area contributed by atoms with E-state index in [4.69, 9.17) is 5.73 Å². The van der Waals surface area contributed by atoms with Crippen molar-refractivity contribution < 1.29 is 9.50 Å². The predicted molar refractivity (Wildman–Crippen MR) is 57.9 cm³/mol. The summed E-state index contributed by atoms with van der Waals surface area (Å²) in [6, 6.07) is 9.99. The second kappa shape index (κ2) is 3.96. The van der Waals surface area contributed by atoms with Crippen molar-refractivity contribution in [2.24, 2.45) is 5.73 Å². The van der Waals surface area contributed by atoms with Crippen LogP contribution in [0.3, 0.4) is 0 Å². The Balaban J connectivity index is 2.71. The van der Waals surface area contributed by atoms with Crippen LogP contribution in [0.5, 0.6) is 0 Å². The van der Waals surface area contributed by atoms with Gasteiger partial charge < -0.3 is 10.8 Å². The Morgan fingerprint density at radius 2 is 1.80 bits per heavy atom. The van der Waals surface area contributed by atoms with Gasteiger partial charge in [0.15, 0.2) is 0 Å². The number of aliphatic hydroxyl groups is 1. The molecule has 0 aromatic heterocycles. The molecule has 0 radical (unpaired) electrons. The van der Waals surface area contributed by atoms with Gasteiger partial charge in [0.2, 0.25) is 0 Å². The Hall–Kier alpha value is -1.45. The molecular formula is C12H12FNO. The van der Waals surface area contributed by atoms with Gasteiger partial charge >= 0.3 is 0 Å². The molecule has 1 unspecified atom stereocenters. The van der Waals surface area contributed by atoms with Crippen LogP contribution in [0.15, 0.2) is 36.4 Å². The fraction of sp³-hybridized carbons (Fsp3) is 0.167. The van der Waals surface area contributed by atoms with Gasteiger partial charge in [0.1, 0.15) is 5.82 Å². The molecule has 0 bridgehead atoms. The number of hydrogen-bond acceptors (Lipinski definition) is 2. The van der Waals surface area contributed by atoms with E-state index in [1.165, 1.54) is 6.07 Å². The van der Waals surface area contributed by atoms with Crippen LogP contribution in [-0.4, -0.2) is 11.7 Å². The van der Waals surface area contributed by atoms with Gasteiger partial charge in [-0.05, 0) is 17.0 Å². The largest absolute Gasteiger partial charge is 0.387 e. The number of fused-ring (bicyclic) bond motifs is 1. The molecule has 0 saturated carbocycles. The van der Waals surface area contributed by atoms with Gasteiger partial charge in [-0.2, -0.15) is 0 Å². The first-order chi connectivity index (χ1) is 7.24. The molecule has 2 aromatic rings. The molecule has 2 rings (SSSR count). The highest BCUT2D eigenvalue weighted by Crippen LogP contribution is 2.25. The number of benzene rings is 2. The normalized spacial score (nSPS) is 13.0. The van der Waals surface area contributed by atoms with Gasteiger partial charge in [0.05, 0.1) is 6.10 Å². The highest BCUT2D eigenvalue weighted by molar-refractivity contribution is 5.86. The van der Waals surface area contributed by atoms with E-state index >= 15 is 0 Å². The summed E-state index contributed by atoms with van der Waals surface area (Å²) in [6.45, 7) is 0.135. The summed E-state index contributed by atoms with van der Waals surface area (Å²) in [4.78, 5) is 0. The van der Waals surface area contributed by atoms with Gasteiger partial charge in [-0.15, -0.1) is 0 Å². The summed E-state index contributed by atoms with van der Waals surface area (Å²) in [7, 11) is 0. The maximum absolute atomic E-state index is 13.4. The van der Waals surface area contributed by atoms with Gasteiger partial charge in [0.25, 0.3) is 0 Å². The molecular weight excluding hydrogens is 193 g/mol.